The molecule has 5 heteroatoms. The molecule has 0 spiro atoms. The van der Waals surface area contributed by atoms with Crippen LogP contribution in [0.1, 0.15) is 39.5 Å². The van der Waals surface area contributed by atoms with E-state index in [-0.39, 0.29) is 0 Å². The molecule has 0 radical (unpaired) electrons. The first-order valence-corrected chi connectivity index (χ1v) is 7.53. The Kier molecular flexibility index (Phi) is 13.0. The van der Waals surface area contributed by atoms with Gasteiger partial charge in [-0.2, -0.15) is 0 Å². The van der Waals surface area contributed by atoms with Crippen molar-refractivity contribution in [2.75, 3.05) is 13.1 Å². The molecule has 21 heavy (non-hydrogen) atoms. The Hall–Kier alpha value is -2.04. The van der Waals surface area contributed by atoms with Crippen molar-refractivity contribution in [1.29, 1.82) is 0 Å². The van der Waals surface area contributed by atoms with E-state index in [0.717, 1.165) is 45.0 Å². The molecule has 0 aliphatic rings. The van der Waals surface area contributed by atoms with Crippen LogP contribution in [-0.4, -0.2) is 18.0 Å². The van der Waals surface area contributed by atoms with Gasteiger partial charge in [0.2, 0.25) is 0 Å². The first kappa shape index (κ1) is 19.0. The lowest BCUT2D eigenvalue weighted by Gasteiger charge is -2.10. The minimum Gasteiger partial charge on any atom is -0.367 e. The molecule has 0 aliphatic carbocycles. The predicted molar refractivity (Wildman–Crippen MR) is 87.3 cm³/mol. The molecular weight excluding hydrogens is 266 g/mol. The number of hydrogen-bond donors (Lipinski definition) is 2. The molecule has 1 rings (SSSR count). The number of rotatable bonds is 9. The summed E-state index contributed by atoms with van der Waals surface area (Å²) in [6, 6.07) is 12.0. The maximum Gasteiger partial charge on any atom is 0.274 e. The second-order valence-corrected chi connectivity index (χ2v) is 4.54. The lowest BCUT2D eigenvalue weighted by atomic mass is 10.3. The van der Waals surface area contributed by atoms with Gasteiger partial charge in [-0.3, -0.25) is 10.1 Å². The van der Waals surface area contributed by atoms with E-state index in [4.69, 9.17) is 0 Å². The van der Waals surface area contributed by atoms with E-state index < -0.39 is 4.92 Å². The van der Waals surface area contributed by atoms with E-state index in [1.54, 1.807) is 0 Å². The van der Waals surface area contributed by atoms with E-state index in [0.29, 0.717) is 5.82 Å². The van der Waals surface area contributed by atoms with E-state index in [1.165, 1.54) is 0 Å². The third kappa shape index (κ3) is 14.2. The molecule has 0 saturated heterocycles. The second kappa shape index (κ2) is 14.4. The van der Waals surface area contributed by atoms with Gasteiger partial charge >= 0.3 is 0 Å². The van der Waals surface area contributed by atoms with Gasteiger partial charge in [0.1, 0.15) is 0 Å². The zero-order valence-electron chi connectivity index (χ0n) is 13.0. The molecule has 0 atom stereocenters. The number of hydrogen-bond acceptors (Lipinski definition) is 4. The zero-order chi connectivity index (χ0) is 15.8. The molecule has 0 fully saturated rings. The number of nitro groups is 1. The Morgan fingerprint density at radius 3 is 1.62 bits per heavy atom. The van der Waals surface area contributed by atoms with Crippen molar-refractivity contribution in [2.45, 2.75) is 39.5 Å². The van der Waals surface area contributed by atoms with Crippen molar-refractivity contribution >= 4 is 0 Å². The molecule has 0 aliphatic heterocycles. The number of benzene rings is 1. The van der Waals surface area contributed by atoms with E-state index in [9.17, 15) is 10.1 Å². The fraction of sp³-hybridized carbons (Fsp3) is 0.500. The molecule has 0 aromatic heterocycles. The fourth-order valence-electron chi connectivity index (χ4n) is 1.44. The minimum atomic E-state index is -0.437. The Balaban J connectivity index is 0.000000547. The minimum absolute atomic E-state index is 0.437. The van der Waals surface area contributed by atoms with Crippen LogP contribution in [0.15, 0.2) is 48.4 Å². The lowest BCUT2D eigenvalue weighted by Crippen LogP contribution is -2.28. The molecule has 0 bridgehead atoms. The summed E-state index contributed by atoms with van der Waals surface area (Å²) in [5, 5.41) is 16.4. The van der Waals surface area contributed by atoms with Crippen LogP contribution in [-0.2, 0) is 0 Å². The van der Waals surface area contributed by atoms with Crippen LogP contribution < -0.4 is 10.6 Å². The Bertz CT molecular complexity index is 342. The highest BCUT2D eigenvalue weighted by Gasteiger charge is 2.00. The van der Waals surface area contributed by atoms with Crippen molar-refractivity contribution in [3.05, 3.63) is 58.5 Å². The monoisotopic (exact) mass is 293 g/mol. The summed E-state index contributed by atoms with van der Waals surface area (Å²) in [7, 11) is 0. The van der Waals surface area contributed by atoms with Crippen molar-refractivity contribution in [1.82, 2.24) is 10.6 Å². The molecule has 1 aromatic carbocycles. The summed E-state index contributed by atoms with van der Waals surface area (Å²) < 4.78 is 0. The number of unbranched alkanes of at least 4 members (excludes halogenated alkanes) is 2. The van der Waals surface area contributed by atoms with Crippen LogP contribution in [0.2, 0.25) is 0 Å². The first-order chi connectivity index (χ1) is 10.2. The van der Waals surface area contributed by atoms with E-state index >= 15 is 0 Å². The van der Waals surface area contributed by atoms with Gasteiger partial charge in [-0.1, -0.05) is 63.1 Å². The highest BCUT2D eigenvalue weighted by Crippen LogP contribution is 1.90. The highest BCUT2D eigenvalue weighted by molar-refractivity contribution is 4.99. The van der Waals surface area contributed by atoms with Crippen LogP contribution in [0, 0.1) is 10.1 Å². The van der Waals surface area contributed by atoms with Crippen molar-refractivity contribution < 1.29 is 4.92 Å². The smallest absolute Gasteiger partial charge is 0.274 e. The maximum absolute atomic E-state index is 10.3. The average molecular weight is 293 g/mol. The van der Waals surface area contributed by atoms with Gasteiger partial charge < -0.3 is 10.6 Å². The quantitative estimate of drug-likeness (QED) is 0.415. The van der Waals surface area contributed by atoms with Crippen LogP contribution >= 0.6 is 0 Å². The molecule has 0 amide bonds. The summed E-state index contributed by atoms with van der Waals surface area (Å²) >= 11 is 0. The van der Waals surface area contributed by atoms with Gasteiger partial charge in [-0.15, -0.1) is 0 Å². The van der Waals surface area contributed by atoms with Crippen LogP contribution in [0.3, 0.4) is 0 Å². The molecule has 5 nitrogen and oxygen atoms in total. The van der Waals surface area contributed by atoms with Gasteiger partial charge in [0.25, 0.3) is 6.20 Å². The summed E-state index contributed by atoms with van der Waals surface area (Å²) in [5.74, 6) is 0.516. The Morgan fingerprint density at radius 2 is 1.33 bits per heavy atom. The van der Waals surface area contributed by atoms with Gasteiger partial charge in [-0.25, -0.2) is 0 Å². The fourth-order valence-corrected chi connectivity index (χ4v) is 1.44. The van der Waals surface area contributed by atoms with Crippen LogP contribution in [0.4, 0.5) is 0 Å². The third-order valence-corrected chi connectivity index (χ3v) is 2.59. The molecule has 1 aromatic rings. The second-order valence-electron chi connectivity index (χ2n) is 4.54. The summed E-state index contributed by atoms with van der Waals surface area (Å²) in [6.45, 7) is 5.72. The van der Waals surface area contributed by atoms with Crippen molar-refractivity contribution in [3.63, 3.8) is 0 Å². The van der Waals surface area contributed by atoms with E-state index in [1.807, 2.05) is 36.4 Å². The van der Waals surface area contributed by atoms with Gasteiger partial charge in [0, 0.05) is 13.1 Å². The molecule has 0 heterocycles. The van der Waals surface area contributed by atoms with Gasteiger partial charge in [0.15, 0.2) is 5.82 Å². The first-order valence-electron chi connectivity index (χ1n) is 7.53. The zero-order valence-corrected chi connectivity index (χ0v) is 13.0. The van der Waals surface area contributed by atoms with Crippen LogP contribution in [0.25, 0.3) is 0 Å². The molecule has 0 saturated carbocycles. The number of nitrogens with zero attached hydrogens (tertiary/aromatic N) is 1. The Morgan fingerprint density at radius 1 is 0.952 bits per heavy atom. The number of nitrogens with one attached hydrogen (secondary N) is 2. The topological polar surface area (TPSA) is 67.2 Å². The molecule has 2 N–H and O–H groups in total. The molecule has 0 unspecified atom stereocenters. The lowest BCUT2D eigenvalue weighted by molar-refractivity contribution is -0.404. The largest absolute Gasteiger partial charge is 0.367 e. The van der Waals surface area contributed by atoms with E-state index in [2.05, 4.69) is 24.5 Å². The summed E-state index contributed by atoms with van der Waals surface area (Å²) in [4.78, 5) is 9.89. The Labute approximate surface area is 127 Å². The average Bonchev–Trinajstić information content (AvgIpc) is 2.49. The third-order valence-electron chi connectivity index (χ3n) is 2.59. The maximum atomic E-state index is 10.3. The summed E-state index contributed by atoms with van der Waals surface area (Å²) in [6.07, 6.45) is 5.18. The van der Waals surface area contributed by atoms with Gasteiger partial charge in [-0.05, 0) is 12.8 Å². The standard InChI is InChI=1S/C10H21N3O2.C6H6/c1-3-5-7-11-10(9-13(14)15)12-8-6-4-2;1-2-4-6-5-3-1/h9,11-12H,3-8H2,1-2H3;1-6H. The molecule has 118 valence electrons. The molecular formula is C16H27N3O2. The SMILES string of the molecule is CCCCNC(=C[N+](=O)[O-])NCCCC.c1ccccc1. The summed E-state index contributed by atoms with van der Waals surface area (Å²) in [5.41, 5.74) is 0. The van der Waals surface area contributed by atoms with Gasteiger partial charge in [0.05, 0.1) is 4.92 Å². The highest BCUT2D eigenvalue weighted by atomic mass is 16.6. The van der Waals surface area contributed by atoms with Crippen molar-refractivity contribution in [2.24, 2.45) is 0 Å². The van der Waals surface area contributed by atoms with Crippen LogP contribution in [0.5, 0.6) is 0 Å². The van der Waals surface area contributed by atoms with Crippen molar-refractivity contribution in [3.8, 4) is 0 Å². The normalized spacial score (nSPS) is 9.05. The predicted octanol–water partition coefficient (Wildman–Crippen LogP) is 3.53.